The van der Waals surface area contributed by atoms with Crippen LogP contribution in [0.3, 0.4) is 0 Å². The second kappa shape index (κ2) is 7.47. The monoisotopic (exact) mass is 412 g/mol. The topological polar surface area (TPSA) is 52.6 Å². The second-order valence-electron chi connectivity index (χ2n) is 9.92. The van der Waals surface area contributed by atoms with Crippen molar-refractivity contribution in [2.24, 2.45) is 29.1 Å². The zero-order valence-corrected chi connectivity index (χ0v) is 18.4. The lowest BCUT2D eigenvalue weighted by Crippen LogP contribution is -2.36. The minimum absolute atomic E-state index is 0.0340. The van der Waals surface area contributed by atoms with E-state index >= 15 is 0 Å². The van der Waals surface area contributed by atoms with Crippen molar-refractivity contribution in [3.8, 4) is 0 Å². The van der Waals surface area contributed by atoms with Gasteiger partial charge in [0.25, 0.3) is 0 Å². The van der Waals surface area contributed by atoms with E-state index in [0.29, 0.717) is 35.5 Å². The number of ether oxygens (including phenoxy) is 2. The molecule has 0 N–H and O–H groups in total. The van der Waals surface area contributed by atoms with Crippen LogP contribution in [-0.4, -0.2) is 46.2 Å². The fourth-order valence-electron chi connectivity index (χ4n) is 4.66. The fourth-order valence-corrected chi connectivity index (χ4v) is 7.29. The molecule has 4 rings (SSSR count). The molecule has 4 nitrogen and oxygen atoms in total. The molecule has 2 heterocycles. The summed E-state index contributed by atoms with van der Waals surface area (Å²) < 4.78 is 11.3. The van der Waals surface area contributed by atoms with E-state index in [-0.39, 0.29) is 29.2 Å². The third-order valence-corrected chi connectivity index (χ3v) is 9.60. The van der Waals surface area contributed by atoms with Crippen molar-refractivity contribution in [2.75, 3.05) is 13.2 Å². The Labute approximate surface area is 171 Å². The van der Waals surface area contributed by atoms with E-state index in [1.807, 2.05) is 37.4 Å². The Morgan fingerprint density at radius 3 is 1.56 bits per heavy atom. The van der Waals surface area contributed by atoms with Crippen LogP contribution in [0.25, 0.3) is 0 Å². The van der Waals surface area contributed by atoms with Gasteiger partial charge < -0.3 is 9.47 Å². The van der Waals surface area contributed by atoms with Gasteiger partial charge in [-0.05, 0) is 37.5 Å². The number of rotatable bonds is 6. The average molecular weight is 413 g/mol. The Kier molecular flexibility index (Phi) is 5.52. The van der Waals surface area contributed by atoms with Gasteiger partial charge in [0.05, 0.1) is 25.0 Å². The lowest BCUT2D eigenvalue weighted by Gasteiger charge is -2.30. The standard InChI is InChI=1S/C21H32O4S2/c1-11-5-15-17(26-15)7-13(11)19(22)24-9-21(3,4)10-25-20(23)14-8-18-16(27-18)6-12(14)2/h11-18H,5-10H2,1-4H3/t11-,12+,13?,14?,15-,16?,17?,18+/m0/s1. The molecular weight excluding hydrogens is 380 g/mol. The van der Waals surface area contributed by atoms with Gasteiger partial charge in [-0.15, -0.1) is 0 Å². The highest BCUT2D eigenvalue weighted by molar-refractivity contribution is 8.08. The van der Waals surface area contributed by atoms with Crippen molar-refractivity contribution in [3.63, 3.8) is 0 Å². The summed E-state index contributed by atoms with van der Waals surface area (Å²) in [6.45, 7) is 8.96. The maximum atomic E-state index is 12.5. The SMILES string of the molecule is C[C@@H]1CC2S[C@@H]2CC1C(=O)OCC(C)(C)COC(=O)C1CC2S[C@H]2C[C@@H]1C. The van der Waals surface area contributed by atoms with Gasteiger partial charge in [0.15, 0.2) is 0 Å². The molecule has 2 aliphatic carbocycles. The lowest BCUT2D eigenvalue weighted by molar-refractivity contribution is -0.160. The van der Waals surface area contributed by atoms with E-state index in [0.717, 1.165) is 36.2 Å². The third-order valence-electron chi connectivity index (χ3n) is 6.75. The first-order valence-electron chi connectivity index (χ1n) is 10.4. The Bertz CT molecular complexity index is 557. The minimum Gasteiger partial charge on any atom is -0.465 e. The normalized spacial score (nSPS) is 42.5. The Hall–Kier alpha value is -0.360. The zero-order chi connectivity index (χ0) is 19.3. The smallest absolute Gasteiger partial charge is 0.309 e. The summed E-state index contributed by atoms with van der Waals surface area (Å²) in [5, 5.41) is 2.92. The molecule has 2 saturated heterocycles. The van der Waals surface area contributed by atoms with Crippen molar-refractivity contribution < 1.29 is 19.1 Å². The molecule has 4 aliphatic rings. The maximum absolute atomic E-state index is 12.5. The fraction of sp³-hybridized carbons (Fsp3) is 0.905. The molecule has 0 aromatic rings. The predicted molar refractivity (Wildman–Crippen MR) is 110 cm³/mol. The molecule has 2 saturated carbocycles. The number of hydrogen-bond donors (Lipinski definition) is 0. The molecule has 4 unspecified atom stereocenters. The van der Waals surface area contributed by atoms with Crippen molar-refractivity contribution in [3.05, 3.63) is 0 Å². The largest absolute Gasteiger partial charge is 0.465 e. The molecule has 4 fully saturated rings. The highest BCUT2D eigenvalue weighted by Gasteiger charge is 2.50. The van der Waals surface area contributed by atoms with Gasteiger partial charge in [0.2, 0.25) is 0 Å². The van der Waals surface area contributed by atoms with Gasteiger partial charge in [0.1, 0.15) is 0 Å². The molecule has 0 spiro atoms. The van der Waals surface area contributed by atoms with E-state index in [9.17, 15) is 9.59 Å². The molecular formula is C21H32O4S2. The first-order chi connectivity index (χ1) is 12.7. The van der Waals surface area contributed by atoms with Gasteiger partial charge in [-0.25, -0.2) is 0 Å². The minimum atomic E-state index is -0.352. The van der Waals surface area contributed by atoms with Crippen molar-refractivity contribution in [1.82, 2.24) is 0 Å². The third kappa shape index (κ3) is 4.63. The molecule has 6 heteroatoms. The van der Waals surface area contributed by atoms with E-state index in [4.69, 9.17) is 9.47 Å². The van der Waals surface area contributed by atoms with Gasteiger partial charge in [0, 0.05) is 26.4 Å². The second-order valence-corrected chi connectivity index (χ2v) is 12.9. The van der Waals surface area contributed by atoms with Crippen LogP contribution in [0.4, 0.5) is 0 Å². The molecule has 0 amide bonds. The molecule has 2 aliphatic heterocycles. The van der Waals surface area contributed by atoms with Gasteiger partial charge in [-0.2, -0.15) is 23.5 Å². The molecule has 152 valence electrons. The number of hydrogen-bond acceptors (Lipinski definition) is 6. The molecule has 0 bridgehead atoms. The van der Waals surface area contributed by atoms with E-state index in [1.54, 1.807) is 0 Å². The summed E-state index contributed by atoms with van der Waals surface area (Å²) in [5.74, 6) is 0.757. The van der Waals surface area contributed by atoms with Crippen molar-refractivity contribution >= 4 is 35.5 Å². The number of carbonyl (C=O) groups excluding carboxylic acids is 2. The van der Waals surface area contributed by atoms with Gasteiger partial charge >= 0.3 is 11.9 Å². The van der Waals surface area contributed by atoms with Crippen LogP contribution >= 0.6 is 23.5 Å². The number of thioether (sulfide) groups is 2. The van der Waals surface area contributed by atoms with Gasteiger partial charge in [-0.3, -0.25) is 9.59 Å². The molecule has 0 aromatic carbocycles. The summed E-state index contributed by atoms with van der Waals surface area (Å²) in [4.78, 5) is 25.1. The number of carbonyl (C=O) groups is 2. The summed E-state index contributed by atoms with van der Waals surface area (Å²) >= 11 is 4.02. The van der Waals surface area contributed by atoms with E-state index in [1.165, 1.54) is 0 Å². The summed E-state index contributed by atoms with van der Waals surface area (Å²) in [5.41, 5.74) is -0.352. The van der Waals surface area contributed by atoms with Crippen LogP contribution in [0.15, 0.2) is 0 Å². The lowest BCUT2D eigenvalue weighted by atomic mass is 9.80. The summed E-state index contributed by atoms with van der Waals surface area (Å²) in [6, 6.07) is 0. The first kappa shape index (κ1) is 19.9. The quantitative estimate of drug-likeness (QED) is 0.482. The highest BCUT2D eigenvalue weighted by Crippen LogP contribution is 2.55. The number of esters is 2. The highest BCUT2D eigenvalue weighted by atomic mass is 32.2. The van der Waals surface area contributed by atoms with E-state index < -0.39 is 0 Å². The molecule has 27 heavy (non-hydrogen) atoms. The van der Waals surface area contributed by atoms with Crippen LogP contribution in [0.1, 0.15) is 53.4 Å². The van der Waals surface area contributed by atoms with Gasteiger partial charge in [-0.1, -0.05) is 27.7 Å². The predicted octanol–water partition coefficient (Wildman–Crippen LogP) is 4.16. The molecule has 0 aromatic heterocycles. The Balaban J connectivity index is 1.21. The van der Waals surface area contributed by atoms with Crippen LogP contribution < -0.4 is 0 Å². The molecule has 0 radical (unpaired) electrons. The number of fused-ring (bicyclic) bond motifs is 2. The zero-order valence-electron chi connectivity index (χ0n) is 16.8. The molecule has 8 atom stereocenters. The average Bonchev–Trinajstić information content (AvgIpc) is 3.51. The maximum Gasteiger partial charge on any atom is 0.309 e. The first-order valence-corrected chi connectivity index (χ1v) is 12.3. The van der Waals surface area contributed by atoms with Crippen LogP contribution in [0.5, 0.6) is 0 Å². The Morgan fingerprint density at radius 1 is 0.778 bits per heavy atom. The van der Waals surface area contributed by atoms with Crippen molar-refractivity contribution in [1.29, 1.82) is 0 Å². The summed E-state index contributed by atoms with van der Waals surface area (Å²) in [7, 11) is 0. The summed E-state index contributed by atoms with van der Waals surface area (Å²) in [6.07, 6.45) is 4.20. The van der Waals surface area contributed by atoms with Crippen LogP contribution in [0, 0.1) is 29.1 Å². The van der Waals surface area contributed by atoms with Crippen molar-refractivity contribution in [2.45, 2.75) is 74.4 Å². The van der Waals surface area contributed by atoms with E-state index in [2.05, 4.69) is 13.8 Å². The Morgan fingerprint density at radius 2 is 1.15 bits per heavy atom. The van der Waals surface area contributed by atoms with Crippen LogP contribution in [-0.2, 0) is 19.1 Å². The van der Waals surface area contributed by atoms with Crippen LogP contribution in [0.2, 0.25) is 0 Å².